The molecule has 0 spiro atoms. The smallest absolute Gasteiger partial charge is 0.339 e. The fourth-order valence-corrected chi connectivity index (χ4v) is 1.64. The van der Waals surface area contributed by atoms with E-state index in [0.717, 1.165) is 5.56 Å². The summed E-state index contributed by atoms with van der Waals surface area (Å²) in [6, 6.07) is 7.42. The Morgan fingerprint density at radius 2 is 2.27 bits per heavy atom. The van der Waals surface area contributed by atoms with Gasteiger partial charge in [0.15, 0.2) is 6.10 Å². The van der Waals surface area contributed by atoms with Gasteiger partial charge < -0.3 is 4.74 Å². The largest absolute Gasteiger partial charge is 0.445 e. The van der Waals surface area contributed by atoms with E-state index in [1.54, 1.807) is 6.07 Å². The van der Waals surface area contributed by atoms with E-state index in [1.165, 1.54) is 0 Å². The maximum Gasteiger partial charge on any atom is 0.339 e. The van der Waals surface area contributed by atoms with E-state index in [-0.39, 0.29) is 18.0 Å². The van der Waals surface area contributed by atoms with Crippen LogP contribution in [0.15, 0.2) is 24.3 Å². The lowest BCUT2D eigenvalue weighted by molar-refractivity contribution is 0.0374. The van der Waals surface area contributed by atoms with E-state index in [9.17, 15) is 4.79 Å². The Hall–Kier alpha value is -1.46. The zero-order valence-corrected chi connectivity index (χ0v) is 8.75. The van der Waals surface area contributed by atoms with E-state index >= 15 is 0 Å². The van der Waals surface area contributed by atoms with Crippen LogP contribution in [0.5, 0.6) is 0 Å². The second kappa shape index (κ2) is 4.37. The summed E-state index contributed by atoms with van der Waals surface area (Å²) in [6.07, 6.45) is 0.289. The van der Waals surface area contributed by atoms with Crippen molar-refractivity contribution in [3.63, 3.8) is 0 Å². The van der Waals surface area contributed by atoms with Crippen LogP contribution in [0.1, 0.15) is 15.9 Å². The summed E-state index contributed by atoms with van der Waals surface area (Å²) < 4.78 is 5.14. The van der Waals surface area contributed by atoms with Crippen LogP contribution in [0.25, 0.3) is 0 Å². The van der Waals surface area contributed by atoms with Crippen LogP contribution < -0.4 is 0 Å². The van der Waals surface area contributed by atoms with Crippen molar-refractivity contribution in [1.82, 2.24) is 0 Å². The van der Waals surface area contributed by atoms with E-state index in [4.69, 9.17) is 16.3 Å². The molecule has 0 amide bonds. The molecule has 2 rings (SSSR count). The first-order valence-electron chi connectivity index (χ1n) is 4.64. The van der Waals surface area contributed by atoms with Gasteiger partial charge in [-0.1, -0.05) is 30.0 Å². The molecular formula is C12H9ClO2. The van der Waals surface area contributed by atoms with Gasteiger partial charge in [0.05, 0.1) is 11.4 Å². The minimum absolute atomic E-state index is 0.260. The Morgan fingerprint density at radius 1 is 1.47 bits per heavy atom. The Bertz CT molecular complexity index is 442. The molecule has 15 heavy (non-hydrogen) atoms. The molecule has 1 aliphatic rings. The molecule has 1 aromatic rings. The molecule has 0 unspecified atom stereocenters. The summed E-state index contributed by atoms with van der Waals surface area (Å²) in [4.78, 5) is 11.5. The number of carbonyl (C=O) groups is 1. The zero-order valence-electron chi connectivity index (χ0n) is 8.00. The molecule has 0 radical (unpaired) electrons. The van der Waals surface area contributed by atoms with Gasteiger partial charge in [-0.05, 0) is 11.6 Å². The number of hydrogen-bond acceptors (Lipinski definition) is 2. The molecule has 1 aliphatic heterocycles. The normalized spacial score (nSPS) is 18.5. The first-order valence-corrected chi connectivity index (χ1v) is 5.18. The summed E-state index contributed by atoms with van der Waals surface area (Å²) in [6.45, 7) is 0. The number of rotatable bonds is 0. The van der Waals surface area contributed by atoms with Gasteiger partial charge in [0.1, 0.15) is 0 Å². The average Bonchev–Trinajstić information content (AvgIpc) is 2.26. The second-order valence-corrected chi connectivity index (χ2v) is 3.48. The van der Waals surface area contributed by atoms with Gasteiger partial charge in [0.25, 0.3) is 0 Å². The minimum atomic E-state index is -0.355. The lowest BCUT2D eigenvalue weighted by atomic mass is 9.99. The molecule has 3 heteroatoms. The van der Waals surface area contributed by atoms with E-state index in [1.807, 2.05) is 18.2 Å². The molecule has 0 saturated carbocycles. The Kier molecular flexibility index (Phi) is 2.94. The monoisotopic (exact) mass is 220 g/mol. The molecule has 1 aromatic carbocycles. The molecule has 0 N–H and O–H groups in total. The lowest BCUT2D eigenvalue weighted by Gasteiger charge is -2.20. The van der Waals surface area contributed by atoms with Crippen molar-refractivity contribution in [3.05, 3.63) is 35.4 Å². The van der Waals surface area contributed by atoms with Crippen molar-refractivity contribution >= 4 is 17.6 Å². The van der Waals surface area contributed by atoms with Gasteiger partial charge in [-0.3, -0.25) is 0 Å². The number of hydrogen-bond donors (Lipinski definition) is 0. The molecule has 1 atom stereocenters. The predicted octanol–water partition coefficient (Wildman–Crippen LogP) is 2.01. The predicted molar refractivity (Wildman–Crippen MR) is 57.8 cm³/mol. The standard InChI is InChI=1S/C12H9ClO2/c13-7-3-5-10-8-9-4-1-2-6-11(9)12(14)15-10/h1-2,4,6,10H,7-8H2/t10-/m1/s1. The molecule has 0 fully saturated rings. The highest BCUT2D eigenvalue weighted by molar-refractivity contribution is 6.19. The molecule has 2 nitrogen and oxygen atoms in total. The fourth-order valence-electron chi connectivity index (χ4n) is 1.56. The maximum atomic E-state index is 11.5. The number of carbonyl (C=O) groups excluding carboxylic acids is 1. The van der Waals surface area contributed by atoms with Gasteiger partial charge in [0, 0.05) is 6.42 Å². The highest BCUT2D eigenvalue weighted by atomic mass is 35.5. The van der Waals surface area contributed by atoms with Gasteiger partial charge in [-0.25, -0.2) is 4.79 Å². The van der Waals surface area contributed by atoms with Crippen molar-refractivity contribution in [3.8, 4) is 11.8 Å². The minimum Gasteiger partial charge on any atom is -0.445 e. The first-order chi connectivity index (χ1) is 7.31. The molecular weight excluding hydrogens is 212 g/mol. The van der Waals surface area contributed by atoms with Gasteiger partial charge in [-0.2, -0.15) is 0 Å². The van der Waals surface area contributed by atoms with Crippen LogP contribution in [-0.4, -0.2) is 18.0 Å². The molecule has 0 bridgehead atoms. The van der Waals surface area contributed by atoms with Crippen molar-refractivity contribution in [2.75, 3.05) is 5.88 Å². The number of ether oxygens (including phenoxy) is 1. The summed E-state index contributed by atoms with van der Waals surface area (Å²) in [7, 11) is 0. The third kappa shape index (κ3) is 2.14. The summed E-state index contributed by atoms with van der Waals surface area (Å²) in [5.41, 5.74) is 1.63. The van der Waals surface area contributed by atoms with Crippen LogP contribution in [0.4, 0.5) is 0 Å². The SMILES string of the molecule is O=C1O[C@H](C#CCCl)Cc2ccccc21. The van der Waals surface area contributed by atoms with Gasteiger partial charge >= 0.3 is 5.97 Å². The highest BCUT2D eigenvalue weighted by Gasteiger charge is 2.24. The number of esters is 1. The van der Waals surface area contributed by atoms with Crippen molar-refractivity contribution in [2.24, 2.45) is 0 Å². The third-order valence-corrected chi connectivity index (χ3v) is 2.36. The topological polar surface area (TPSA) is 26.3 Å². The second-order valence-electron chi connectivity index (χ2n) is 3.21. The van der Waals surface area contributed by atoms with Crippen molar-refractivity contribution in [2.45, 2.75) is 12.5 Å². The fraction of sp³-hybridized carbons (Fsp3) is 0.250. The van der Waals surface area contributed by atoms with E-state index in [2.05, 4.69) is 11.8 Å². The molecule has 0 aliphatic carbocycles. The van der Waals surface area contributed by atoms with Crippen LogP contribution in [-0.2, 0) is 11.2 Å². The van der Waals surface area contributed by atoms with Crippen molar-refractivity contribution < 1.29 is 9.53 Å². The summed E-state index contributed by atoms with van der Waals surface area (Å²) >= 11 is 5.44. The number of alkyl halides is 1. The van der Waals surface area contributed by atoms with Crippen molar-refractivity contribution in [1.29, 1.82) is 0 Å². The summed E-state index contributed by atoms with van der Waals surface area (Å²) in [5, 5.41) is 0. The zero-order chi connectivity index (χ0) is 10.7. The maximum absolute atomic E-state index is 11.5. The number of fused-ring (bicyclic) bond motifs is 1. The van der Waals surface area contributed by atoms with Gasteiger partial charge in [0.2, 0.25) is 0 Å². The molecule has 76 valence electrons. The van der Waals surface area contributed by atoms with Crippen LogP contribution in [0.2, 0.25) is 0 Å². The Labute approximate surface area is 93.2 Å². The number of benzene rings is 1. The Morgan fingerprint density at radius 3 is 3.07 bits per heavy atom. The lowest BCUT2D eigenvalue weighted by Crippen LogP contribution is -2.26. The van der Waals surface area contributed by atoms with Crippen LogP contribution in [0.3, 0.4) is 0 Å². The highest BCUT2D eigenvalue weighted by Crippen LogP contribution is 2.19. The van der Waals surface area contributed by atoms with Crippen LogP contribution >= 0.6 is 11.6 Å². The number of cyclic esters (lactones) is 1. The first kappa shape index (κ1) is 10.1. The average molecular weight is 221 g/mol. The quantitative estimate of drug-likeness (QED) is 0.380. The van der Waals surface area contributed by atoms with E-state index < -0.39 is 0 Å². The summed E-state index contributed by atoms with van der Waals surface area (Å²) in [5.74, 6) is 5.48. The van der Waals surface area contributed by atoms with E-state index in [0.29, 0.717) is 12.0 Å². The molecule has 0 saturated heterocycles. The Balaban J connectivity index is 2.26. The number of halogens is 1. The molecule has 1 heterocycles. The van der Waals surface area contributed by atoms with Crippen LogP contribution in [0, 0.1) is 11.8 Å². The third-order valence-electron chi connectivity index (χ3n) is 2.22. The van der Waals surface area contributed by atoms with Gasteiger partial charge in [-0.15, -0.1) is 11.6 Å². The molecule has 0 aromatic heterocycles.